The van der Waals surface area contributed by atoms with Gasteiger partial charge >= 0.3 is 0 Å². The van der Waals surface area contributed by atoms with E-state index in [0.717, 1.165) is 0 Å². The van der Waals surface area contributed by atoms with Crippen molar-refractivity contribution in [3.63, 3.8) is 0 Å². The average molecular weight is 262 g/mol. The molecule has 0 radical (unpaired) electrons. The zero-order valence-corrected chi connectivity index (χ0v) is 10.8. The summed E-state index contributed by atoms with van der Waals surface area (Å²) in [5, 5.41) is 9.62. The molecule has 0 aliphatic rings. The minimum Gasteiger partial charge on any atom is -0.497 e. The van der Waals surface area contributed by atoms with E-state index in [1.54, 1.807) is 44.4 Å². The fraction of sp³-hybridized carbons (Fsp3) is 0.200. The van der Waals surface area contributed by atoms with E-state index in [1.165, 1.54) is 12.1 Å². The molecule has 0 saturated heterocycles. The summed E-state index contributed by atoms with van der Waals surface area (Å²) in [6.07, 6.45) is -0.802. The summed E-state index contributed by atoms with van der Waals surface area (Å²) in [7, 11) is 1.57. The van der Waals surface area contributed by atoms with Crippen LogP contribution in [0.2, 0.25) is 0 Å². The van der Waals surface area contributed by atoms with Crippen molar-refractivity contribution in [1.82, 2.24) is 0 Å². The first-order valence-corrected chi connectivity index (χ1v) is 5.90. The van der Waals surface area contributed by atoms with E-state index >= 15 is 0 Å². The fourth-order valence-corrected chi connectivity index (χ4v) is 1.72. The lowest BCUT2D eigenvalue weighted by molar-refractivity contribution is 0.194. The number of ether oxygens (including phenoxy) is 2. The molecule has 4 heteroatoms. The van der Waals surface area contributed by atoms with Crippen molar-refractivity contribution in [2.24, 2.45) is 0 Å². The maximum absolute atomic E-state index is 13.8. The molecule has 0 saturated carbocycles. The molecule has 0 amide bonds. The molecule has 3 nitrogen and oxygen atoms in total. The molecule has 0 unspecified atom stereocenters. The number of aliphatic hydroxyl groups excluding tert-OH is 1. The van der Waals surface area contributed by atoms with Crippen molar-refractivity contribution < 1.29 is 19.0 Å². The Balaban J connectivity index is 2.31. The molecule has 0 heterocycles. The highest BCUT2D eigenvalue weighted by Crippen LogP contribution is 2.32. The Morgan fingerprint density at radius 1 is 1.05 bits per heavy atom. The van der Waals surface area contributed by atoms with E-state index in [-0.39, 0.29) is 5.75 Å². The van der Waals surface area contributed by atoms with Crippen molar-refractivity contribution in [3.05, 3.63) is 53.8 Å². The maximum Gasteiger partial charge on any atom is 0.168 e. The summed E-state index contributed by atoms with van der Waals surface area (Å²) < 4.78 is 24.3. The molecule has 0 spiro atoms. The number of methoxy groups -OCH3 is 1. The SMILES string of the molecule is COc1ccc(Oc2c(F)cccc2[C@@H](C)O)cc1. The predicted molar refractivity (Wildman–Crippen MR) is 70.1 cm³/mol. The van der Waals surface area contributed by atoms with Crippen LogP contribution in [0.5, 0.6) is 17.2 Å². The van der Waals surface area contributed by atoms with Crippen molar-refractivity contribution in [1.29, 1.82) is 0 Å². The maximum atomic E-state index is 13.8. The zero-order valence-electron chi connectivity index (χ0n) is 10.8. The van der Waals surface area contributed by atoms with Gasteiger partial charge in [-0.2, -0.15) is 0 Å². The second-order valence-electron chi connectivity index (χ2n) is 4.11. The molecule has 19 heavy (non-hydrogen) atoms. The Bertz CT molecular complexity index is 550. The molecular formula is C15H15FO3. The van der Waals surface area contributed by atoms with Crippen molar-refractivity contribution in [3.8, 4) is 17.2 Å². The lowest BCUT2D eigenvalue weighted by Gasteiger charge is -2.14. The molecule has 0 aromatic heterocycles. The highest BCUT2D eigenvalue weighted by molar-refractivity contribution is 5.41. The van der Waals surface area contributed by atoms with Crippen molar-refractivity contribution in [2.75, 3.05) is 7.11 Å². The second-order valence-corrected chi connectivity index (χ2v) is 4.11. The van der Waals surface area contributed by atoms with Crippen LogP contribution in [0, 0.1) is 5.82 Å². The molecule has 0 bridgehead atoms. The third-order valence-electron chi connectivity index (χ3n) is 2.73. The third kappa shape index (κ3) is 3.03. The highest BCUT2D eigenvalue weighted by Gasteiger charge is 2.14. The standard InChI is InChI=1S/C15H15FO3/c1-10(17)13-4-3-5-14(16)15(13)19-12-8-6-11(18-2)7-9-12/h3-10,17H,1-2H3/t10-/m1/s1. The number of hydrogen-bond donors (Lipinski definition) is 1. The summed E-state index contributed by atoms with van der Waals surface area (Å²) in [5.74, 6) is 0.710. The van der Waals surface area contributed by atoms with Crippen LogP contribution in [0.3, 0.4) is 0 Å². The number of rotatable bonds is 4. The van der Waals surface area contributed by atoms with Crippen LogP contribution >= 0.6 is 0 Å². The van der Waals surface area contributed by atoms with Crippen LogP contribution in [0.1, 0.15) is 18.6 Å². The van der Waals surface area contributed by atoms with Gasteiger partial charge < -0.3 is 14.6 Å². The zero-order chi connectivity index (χ0) is 13.8. The van der Waals surface area contributed by atoms with Gasteiger partial charge in [-0.15, -0.1) is 0 Å². The van der Waals surface area contributed by atoms with Gasteiger partial charge in [0.15, 0.2) is 11.6 Å². The molecule has 100 valence electrons. The van der Waals surface area contributed by atoms with Gasteiger partial charge in [-0.3, -0.25) is 0 Å². The number of benzene rings is 2. The average Bonchev–Trinajstić information content (AvgIpc) is 2.41. The smallest absolute Gasteiger partial charge is 0.168 e. The van der Waals surface area contributed by atoms with E-state index in [0.29, 0.717) is 17.1 Å². The summed E-state index contributed by atoms with van der Waals surface area (Å²) in [4.78, 5) is 0. The summed E-state index contributed by atoms with van der Waals surface area (Å²) in [6.45, 7) is 1.57. The largest absolute Gasteiger partial charge is 0.497 e. The highest BCUT2D eigenvalue weighted by atomic mass is 19.1. The molecule has 1 N–H and O–H groups in total. The number of halogens is 1. The predicted octanol–water partition coefficient (Wildman–Crippen LogP) is 3.68. The van der Waals surface area contributed by atoms with Gasteiger partial charge in [0.1, 0.15) is 11.5 Å². The van der Waals surface area contributed by atoms with E-state index in [9.17, 15) is 9.50 Å². The molecule has 2 aromatic carbocycles. The third-order valence-corrected chi connectivity index (χ3v) is 2.73. The molecule has 2 aromatic rings. The van der Waals surface area contributed by atoms with E-state index in [4.69, 9.17) is 9.47 Å². The number of aliphatic hydroxyl groups is 1. The Labute approximate surface area is 111 Å². The van der Waals surface area contributed by atoms with Gasteiger partial charge in [0.2, 0.25) is 0 Å². The summed E-state index contributed by atoms with van der Waals surface area (Å²) >= 11 is 0. The van der Waals surface area contributed by atoms with Gasteiger partial charge in [0, 0.05) is 5.56 Å². The van der Waals surface area contributed by atoms with Crippen LogP contribution in [0.4, 0.5) is 4.39 Å². The van der Waals surface area contributed by atoms with Gasteiger partial charge in [0.05, 0.1) is 13.2 Å². The summed E-state index contributed by atoms with van der Waals surface area (Å²) in [5.41, 5.74) is 0.413. The first-order valence-electron chi connectivity index (χ1n) is 5.90. The van der Waals surface area contributed by atoms with Crippen molar-refractivity contribution in [2.45, 2.75) is 13.0 Å². The topological polar surface area (TPSA) is 38.7 Å². The van der Waals surface area contributed by atoms with Gasteiger partial charge in [-0.1, -0.05) is 12.1 Å². The van der Waals surface area contributed by atoms with Crippen LogP contribution in [-0.2, 0) is 0 Å². The van der Waals surface area contributed by atoms with Crippen LogP contribution < -0.4 is 9.47 Å². The first kappa shape index (κ1) is 13.4. The molecule has 0 aliphatic heterocycles. The van der Waals surface area contributed by atoms with Gasteiger partial charge in [-0.05, 0) is 37.3 Å². The fourth-order valence-electron chi connectivity index (χ4n) is 1.72. The van der Waals surface area contributed by atoms with Gasteiger partial charge in [0.25, 0.3) is 0 Å². The minimum atomic E-state index is -0.802. The number of hydrogen-bond acceptors (Lipinski definition) is 3. The molecule has 2 rings (SSSR count). The second kappa shape index (κ2) is 5.71. The Morgan fingerprint density at radius 3 is 2.26 bits per heavy atom. The van der Waals surface area contributed by atoms with Crippen LogP contribution in [0.15, 0.2) is 42.5 Å². The quantitative estimate of drug-likeness (QED) is 0.913. The minimum absolute atomic E-state index is 0.0441. The van der Waals surface area contributed by atoms with E-state index in [2.05, 4.69) is 0 Å². The van der Waals surface area contributed by atoms with E-state index < -0.39 is 11.9 Å². The summed E-state index contributed by atoms with van der Waals surface area (Å²) in [6, 6.07) is 11.3. The molecule has 0 fully saturated rings. The van der Waals surface area contributed by atoms with Crippen LogP contribution in [-0.4, -0.2) is 12.2 Å². The Hall–Kier alpha value is -2.07. The van der Waals surface area contributed by atoms with Crippen LogP contribution in [0.25, 0.3) is 0 Å². The molecular weight excluding hydrogens is 247 g/mol. The monoisotopic (exact) mass is 262 g/mol. The van der Waals surface area contributed by atoms with Crippen molar-refractivity contribution >= 4 is 0 Å². The molecule has 0 aliphatic carbocycles. The lowest BCUT2D eigenvalue weighted by atomic mass is 10.1. The Kier molecular flexibility index (Phi) is 4.02. The molecule has 1 atom stereocenters. The van der Waals surface area contributed by atoms with Gasteiger partial charge in [-0.25, -0.2) is 4.39 Å². The first-order chi connectivity index (χ1) is 9.11. The number of para-hydroxylation sites is 1. The lowest BCUT2D eigenvalue weighted by Crippen LogP contribution is -1.98. The van der Waals surface area contributed by atoms with E-state index in [1.807, 2.05) is 0 Å². The normalized spacial score (nSPS) is 12.0. The Morgan fingerprint density at radius 2 is 1.68 bits per heavy atom.